The van der Waals surface area contributed by atoms with Gasteiger partial charge < -0.3 is 10.8 Å². The van der Waals surface area contributed by atoms with Crippen LogP contribution in [-0.4, -0.2) is 35.7 Å². The monoisotopic (exact) mass is 268 g/mol. The first-order chi connectivity index (χ1) is 8.76. The van der Waals surface area contributed by atoms with E-state index < -0.39 is 0 Å². The van der Waals surface area contributed by atoms with E-state index in [1.807, 2.05) is 18.2 Å². The Kier molecular flexibility index (Phi) is 5.01. The maximum Gasteiger partial charge on any atom is 0.0587 e. The number of piperidine rings is 1. The average molecular weight is 269 g/mol. The molecule has 0 saturated carbocycles. The standard InChI is InChI=1S/C14H21ClN2O/c15-12-5-3-4-11(8-12)14(9-16)17-7-2-1-6-13(17)10-18/h3-5,8,13-14,18H,1-2,6-7,9-10,16H2. The molecule has 0 amide bonds. The highest BCUT2D eigenvalue weighted by molar-refractivity contribution is 6.30. The van der Waals surface area contributed by atoms with Gasteiger partial charge in [-0.1, -0.05) is 30.2 Å². The molecular weight excluding hydrogens is 248 g/mol. The van der Waals surface area contributed by atoms with Crippen molar-refractivity contribution >= 4 is 11.6 Å². The summed E-state index contributed by atoms with van der Waals surface area (Å²) in [6.07, 6.45) is 3.41. The number of nitrogens with two attached hydrogens (primary N) is 1. The van der Waals surface area contributed by atoms with E-state index in [9.17, 15) is 5.11 Å². The highest BCUT2D eigenvalue weighted by Crippen LogP contribution is 2.29. The van der Waals surface area contributed by atoms with Gasteiger partial charge in [-0.25, -0.2) is 0 Å². The van der Waals surface area contributed by atoms with Crippen molar-refractivity contribution < 1.29 is 5.11 Å². The fourth-order valence-corrected chi connectivity index (χ4v) is 3.00. The molecule has 2 atom stereocenters. The Morgan fingerprint density at radius 3 is 2.94 bits per heavy atom. The number of aliphatic hydroxyl groups is 1. The third kappa shape index (κ3) is 3.04. The molecule has 2 rings (SSSR count). The largest absolute Gasteiger partial charge is 0.395 e. The van der Waals surface area contributed by atoms with Crippen LogP contribution in [0.1, 0.15) is 30.9 Å². The van der Waals surface area contributed by atoms with Crippen LogP contribution in [-0.2, 0) is 0 Å². The van der Waals surface area contributed by atoms with Gasteiger partial charge in [0, 0.05) is 23.7 Å². The van der Waals surface area contributed by atoms with Crippen molar-refractivity contribution in [3.05, 3.63) is 34.9 Å². The lowest BCUT2D eigenvalue weighted by atomic mass is 9.96. The highest BCUT2D eigenvalue weighted by Gasteiger charge is 2.28. The lowest BCUT2D eigenvalue weighted by Crippen LogP contribution is -2.46. The minimum absolute atomic E-state index is 0.154. The summed E-state index contributed by atoms with van der Waals surface area (Å²) in [7, 11) is 0. The number of halogens is 1. The van der Waals surface area contributed by atoms with Crippen LogP contribution in [0.25, 0.3) is 0 Å². The van der Waals surface area contributed by atoms with Gasteiger partial charge in [-0.2, -0.15) is 0 Å². The van der Waals surface area contributed by atoms with Gasteiger partial charge in [-0.15, -0.1) is 0 Å². The van der Waals surface area contributed by atoms with Gasteiger partial charge in [0.2, 0.25) is 0 Å². The van der Waals surface area contributed by atoms with E-state index in [4.69, 9.17) is 17.3 Å². The van der Waals surface area contributed by atoms with Crippen LogP contribution < -0.4 is 5.73 Å². The zero-order chi connectivity index (χ0) is 13.0. The van der Waals surface area contributed by atoms with Crippen molar-refractivity contribution in [2.24, 2.45) is 5.73 Å². The Bertz CT molecular complexity index is 386. The number of hydrogen-bond donors (Lipinski definition) is 2. The lowest BCUT2D eigenvalue weighted by Gasteiger charge is -2.40. The van der Waals surface area contributed by atoms with Gasteiger partial charge in [0.1, 0.15) is 0 Å². The molecule has 3 nitrogen and oxygen atoms in total. The smallest absolute Gasteiger partial charge is 0.0587 e. The summed E-state index contributed by atoms with van der Waals surface area (Å²) in [6, 6.07) is 8.25. The van der Waals surface area contributed by atoms with E-state index in [1.165, 1.54) is 12.8 Å². The van der Waals surface area contributed by atoms with Crippen LogP contribution in [0.15, 0.2) is 24.3 Å². The Morgan fingerprint density at radius 2 is 2.28 bits per heavy atom. The van der Waals surface area contributed by atoms with Crippen molar-refractivity contribution in [1.82, 2.24) is 4.90 Å². The number of aliphatic hydroxyl groups excluding tert-OH is 1. The average Bonchev–Trinajstić information content (AvgIpc) is 2.40. The van der Waals surface area contributed by atoms with Crippen LogP contribution >= 0.6 is 11.6 Å². The predicted molar refractivity (Wildman–Crippen MR) is 74.7 cm³/mol. The predicted octanol–water partition coefficient (Wildman–Crippen LogP) is 2.19. The first kappa shape index (κ1) is 13.8. The van der Waals surface area contributed by atoms with Gasteiger partial charge >= 0.3 is 0 Å². The summed E-state index contributed by atoms with van der Waals surface area (Å²) in [5, 5.41) is 10.2. The molecule has 0 aromatic heterocycles. The molecular formula is C14H21ClN2O. The molecule has 0 spiro atoms. The normalized spacial score (nSPS) is 22.9. The van der Waals surface area contributed by atoms with Crippen LogP contribution in [0.5, 0.6) is 0 Å². The molecule has 1 aromatic rings. The molecule has 100 valence electrons. The lowest BCUT2D eigenvalue weighted by molar-refractivity contribution is 0.0552. The third-order valence-electron chi connectivity index (χ3n) is 3.74. The summed E-state index contributed by atoms with van der Waals surface area (Å²) < 4.78 is 0. The van der Waals surface area contributed by atoms with Crippen molar-refractivity contribution in [3.8, 4) is 0 Å². The number of benzene rings is 1. The summed E-state index contributed by atoms with van der Waals surface area (Å²) in [5.41, 5.74) is 7.08. The number of hydrogen-bond acceptors (Lipinski definition) is 3. The molecule has 0 radical (unpaired) electrons. The first-order valence-corrected chi connectivity index (χ1v) is 6.96. The van der Waals surface area contributed by atoms with Crippen molar-refractivity contribution in [3.63, 3.8) is 0 Å². The summed E-state index contributed by atoms with van der Waals surface area (Å²) >= 11 is 6.05. The van der Waals surface area contributed by atoms with Crippen LogP contribution in [0.2, 0.25) is 5.02 Å². The molecule has 1 aromatic carbocycles. The minimum Gasteiger partial charge on any atom is -0.395 e. The second-order valence-corrected chi connectivity index (χ2v) is 5.31. The minimum atomic E-state index is 0.154. The highest BCUT2D eigenvalue weighted by atomic mass is 35.5. The summed E-state index contributed by atoms with van der Waals surface area (Å²) in [5.74, 6) is 0. The molecule has 1 fully saturated rings. The van der Waals surface area contributed by atoms with Gasteiger partial charge in [0.25, 0.3) is 0 Å². The quantitative estimate of drug-likeness (QED) is 0.880. The van der Waals surface area contributed by atoms with Crippen LogP contribution in [0, 0.1) is 0 Å². The van der Waals surface area contributed by atoms with E-state index in [2.05, 4.69) is 11.0 Å². The van der Waals surface area contributed by atoms with Crippen molar-refractivity contribution in [2.45, 2.75) is 31.3 Å². The molecule has 0 aliphatic carbocycles. The Balaban J connectivity index is 2.21. The van der Waals surface area contributed by atoms with E-state index in [0.29, 0.717) is 6.54 Å². The zero-order valence-corrected chi connectivity index (χ0v) is 11.3. The number of rotatable bonds is 4. The van der Waals surface area contributed by atoms with Crippen molar-refractivity contribution in [1.29, 1.82) is 0 Å². The number of nitrogens with zero attached hydrogens (tertiary/aromatic N) is 1. The van der Waals surface area contributed by atoms with Gasteiger partial charge in [0.05, 0.1) is 6.61 Å². The maximum absolute atomic E-state index is 9.50. The second kappa shape index (κ2) is 6.53. The maximum atomic E-state index is 9.50. The van der Waals surface area contributed by atoms with Gasteiger partial charge in [0.15, 0.2) is 0 Å². The molecule has 0 bridgehead atoms. The topological polar surface area (TPSA) is 49.5 Å². The zero-order valence-electron chi connectivity index (χ0n) is 10.6. The van der Waals surface area contributed by atoms with E-state index in [-0.39, 0.29) is 18.7 Å². The fourth-order valence-electron chi connectivity index (χ4n) is 2.81. The van der Waals surface area contributed by atoms with Gasteiger partial charge in [-0.3, -0.25) is 4.90 Å². The molecule has 1 aliphatic rings. The number of likely N-dealkylation sites (tertiary alicyclic amines) is 1. The van der Waals surface area contributed by atoms with Crippen LogP contribution in [0.3, 0.4) is 0 Å². The summed E-state index contributed by atoms with van der Waals surface area (Å²) in [6.45, 7) is 1.76. The summed E-state index contributed by atoms with van der Waals surface area (Å²) in [4.78, 5) is 2.33. The molecule has 1 aliphatic heterocycles. The fraction of sp³-hybridized carbons (Fsp3) is 0.571. The van der Waals surface area contributed by atoms with Crippen molar-refractivity contribution in [2.75, 3.05) is 19.7 Å². The first-order valence-electron chi connectivity index (χ1n) is 6.58. The Morgan fingerprint density at radius 1 is 1.44 bits per heavy atom. The molecule has 1 saturated heterocycles. The van der Waals surface area contributed by atoms with E-state index in [1.54, 1.807) is 0 Å². The Labute approximate surface area is 114 Å². The second-order valence-electron chi connectivity index (χ2n) is 4.88. The molecule has 3 N–H and O–H groups in total. The van der Waals surface area contributed by atoms with Crippen LogP contribution in [0.4, 0.5) is 0 Å². The van der Waals surface area contributed by atoms with Gasteiger partial charge in [-0.05, 0) is 37.1 Å². The molecule has 1 heterocycles. The molecule has 4 heteroatoms. The molecule has 2 unspecified atom stereocenters. The third-order valence-corrected chi connectivity index (χ3v) is 3.98. The Hall–Kier alpha value is -0.610. The van der Waals surface area contributed by atoms with E-state index >= 15 is 0 Å². The molecule has 18 heavy (non-hydrogen) atoms. The van der Waals surface area contributed by atoms with E-state index in [0.717, 1.165) is 23.6 Å². The SMILES string of the molecule is NCC(c1cccc(Cl)c1)N1CCCCC1CO.